The predicted molar refractivity (Wildman–Crippen MR) is 186 cm³/mol. The van der Waals surface area contributed by atoms with Gasteiger partial charge in [-0.1, -0.05) is 38.5 Å². The van der Waals surface area contributed by atoms with Crippen LogP contribution in [0, 0.1) is 23.7 Å². The first kappa shape index (κ1) is 44.2. The summed E-state index contributed by atoms with van der Waals surface area (Å²) in [6, 6.07) is -0.752. The summed E-state index contributed by atoms with van der Waals surface area (Å²) < 4.78 is 29.6. The Morgan fingerprint density at radius 2 is 1.52 bits per heavy atom. The Balaban J connectivity index is 1.95. The Hall–Kier alpha value is -2.15. The van der Waals surface area contributed by atoms with Crippen LogP contribution in [0.25, 0.3) is 0 Å². The van der Waals surface area contributed by atoms with E-state index < -0.39 is 116 Å². The predicted octanol–water partition coefficient (Wildman–Crippen LogP) is 0.254. The molecule has 0 aliphatic carbocycles. The van der Waals surface area contributed by atoms with Gasteiger partial charge in [0.25, 0.3) is 0 Å². The minimum atomic E-state index is -1.54. The van der Waals surface area contributed by atoms with Crippen LogP contribution in [0.2, 0.25) is 0 Å². The number of aliphatic hydroxyl groups is 6. The van der Waals surface area contributed by atoms with Crippen LogP contribution in [-0.4, -0.2) is 154 Å². The summed E-state index contributed by atoms with van der Waals surface area (Å²) in [5.41, 5.74) is 0.638. The van der Waals surface area contributed by atoms with Crippen molar-refractivity contribution in [3.8, 4) is 0 Å². The van der Waals surface area contributed by atoms with Crippen molar-refractivity contribution in [2.24, 2.45) is 23.7 Å². The lowest BCUT2D eigenvalue weighted by Crippen LogP contribution is -2.63. The van der Waals surface area contributed by atoms with Crippen molar-refractivity contribution in [1.82, 2.24) is 4.90 Å². The Morgan fingerprint density at radius 3 is 2.13 bits per heavy atom. The molecule has 0 aromatic carbocycles. The van der Waals surface area contributed by atoms with Crippen LogP contribution in [0.15, 0.2) is 23.8 Å². The Labute approximate surface area is 306 Å². The van der Waals surface area contributed by atoms with Crippen molar-refractivity contribution >= 4 is 18.0 Å². The number of aliphatic hydroxyl groups excluding tert-OH is 6. The molecule has 2 saturated heterocycles. The average molecular weight is 744 g/mol. The maximum absolute atomic E-state index is 13.4. The van der Waals surface area contributed by atoms with Gasteiger partial charge in [0.1, 0.15) is 36.8 Å². The summed E-state index contributed by atoms with van der Waals surface area (Å²) in [7, 11) is 3.40. The zero-order valence-electron chi connectivity index (χ0n) is 31.6. The molecule has 3 aliphatic heterocycles. The van der Waals surface area contributed by atoms with Crippen molar-refractivity contribution in [2.45, 2.75) is 147 Å². The summed E-state index contributed by atoms with van der Waals surface area (Å²) >= 11 is 0. The van der Waals surface area contributed by atoms with Gasteiger partial charge in [0, 0.05) is 24.2 Å². The fourth-order valence-electron chi connectivity index (χ4n) is 7.27. The lowest BCUT2D eigenvalue weighted by atomic mass is 9.79. The van der Waals surface area contributed by atoms with Gasteiger partial charge in [-0.3, -0.25) is 9.59 Å². The molecular weight excluding hydrogens is 682 g/mol. The highest BCUT2D eigenvalue weighted by Gasteiger charge is 2.47. The summed E-state index contributed by atoms with van der Waals surface area (Å²) in [4.78, 5) is 40.5. The topological polar surface area (TPSA) is 222 Å². The van der Waals surface area contributed by atoms with Gasteiger partial charge >= 0.3 is 5.97 Å². The van der Waals surface area contributed by atoms with E-state index >= 15 is 0 Å². The van der Waals surface area contributed by atoms with Crippen LogP contribution in [0.5, 0.6) is 0 Å². The lowest BCUT2D eigenvalue weighted by Gasteiger charge is -2.46. The zero-order chi connectivity index (χ0) is 39.0. The third kappa shape index (κ3) is 11.2. The van der Waals surface area contributed by atoms with E-state index in [1.54, 1.807) is 65.8 Å². The number of aldehydes is 1. The van der Waals surface area contributed by atoms with Gasteiger partial charge in [-0.15, -0.1) is 0 Å². The van der Waals surface area contributed by atoms with Gasteiger partial charge in [0.05, 0.1) is 49.6 Å². The fourth-order valence-corrected chi connectivity index (χ4v) is 7.27. The van der Waals surface area contributed by atoms with E-state index in [9.17, 15) is 45.0 Å². The first-order chi connectivity index (χ1) is 24.4. The zero-order valence-corrected chi connectivity index (χ0v) is 31.6. The van der Waals surface area contributed by atoms with E-state index in [-0.39, 0.29) is 25.2 Å². The molecule has 6 N–H and O–H groups in total. The molecule has 0 aromatic heterocycles. The van der Waals surface area contributed by atoms with Gasteiger partial charge in [-0.25, -0.2) is 0 Å². The average Bonchev–Trinajstić information content (AvgIpc) is 3.08. The van der Waals surface area contributed by atoms with Crippen molar-refractivity contribution in [2.75, 3.05) is 20.7 Å². The highest BCUT2D eigenvalue weighted by molar-refractivity contribution is 5.91. The van der Waals surface area contributed by atoms with E-state index in [4.69, 9.17) is 23.7 Å². The number of nitrogens with zero attached hydrogens (tertiary/aromatic N) is 1. The summed E-state index contributed by atoms with van der Waals surface area (Å²) in [5.74, 6) is -3.62. The highest BCUT2D eigenvalue weighted by Crippen LogP contribution is 2.34. The number of cyclic esters (lactones) is 1. The number of hydrogen-bond donors (Lipinski definition) is 6. The van der Waals surface area contributed by atoms with Crippen LogP contribution < -0.4 is 0 Å². The molecule has 52 heavy (non-hydrogen) atoms. The van der Waals surface area contributed by atoms with Crippen molar-refractivity contribution in [3.63, 3.8) is 0 Å². The smallest absolute Gasteiger partial charge is 0.308 e. The molecule has 0 saturated carbocycles. The molecule has 0 spiro atoms. The molecule has 0 bridgehead atoms. The number of carbonyl (C=O) groups excluding carboxylic acids is 3. The van der Waals surface area contributed by atoms with Crippen LogP contribution >= 0.6 is 0 Å². The molecule has 0 amide bonds. The number of likely N-dealkylation sites (N-methyl/N-ethyl adjacent to an activating group) is 1. The van der Waals surface area contributed by atoms with E-state index in [0.29, 0.717) is 18.3 Å². The monoisotopic (exact) mass is 743 g/mol. The molecule has 0 radical (unpaired) electrons. The number of ether oxygens (including phenoxy) is 5. The fraction of sp³-hybridized carbons (Fsp3) is 0.811. The number of rotatable bonds is 9. The number of ketones is 1. The first-order valence-corrected chi connectivity index (χ1v) is 18.3. The maximum Gasteiger partial charge on any atom is 0.308 e. The molecule has 2 fully saturated rings. The number of hydrogen-bond acceptors (Lipinski definition) is 15. The van der Waals surface area contributed by atoms with Crippen molar-refractivity contribution < 1.29 is 68.7 Å². The molecule has 15 nitrogen and oxygen atoms in total. The third-order valence-electron chi connectivity index (χ3n) is 10.6. The van der Waals surface area contributed by atoms with E-state index in [0.717, 1.165) is 0 Å². The number of esters is 1. The number of allylic oxidation sites excluding steroid dienone is 3. The third-order valence-corrected chi connectivity index (χ3v) is 10.6. The Morgan fingerprint density at radius 1 is 0.885 bits per heavy atom. The summed E-state index contributed by atoms with van der Waals surface area (Å²) in [5, 5.41) is 64.3. The molecule has 15 heteroatoms. The molecule has 3 rings (SSSR count). The SMILES string of the molecule is CCC1OC(=O)CC(O)C(C)C(OC2OC(C)C(O)C(N(C)C)C2O)C(CC=O)CC(C)C(=O)/C=C/C(C)=C/C1COC1OC(C)C(O)C(O)C1O. The second-order valence-corrected chi connectivity index (χ2v) is 14.9. The van der Waals surface area contributed by atoms with E-state index in [2.05, 4.69) is 0 Å². The van der Waals surface area contributed by atoms with Crippen LogP contribution in [-0.2, 0) is 38.1 Å². The van der Waals surface area contributed by atoms with Crippen LogP contribution in [0.3, 0.4) is 0 Å². The van der Waals surface area contributed by atoms with Crippen LogP contribution in [0.1, 0.15) is 67.2 Å². The van der Waals surface area contributed by atoms with E-state index in [1.165, 1.54) is 13.0 Å². The normalized spacial score (nSPS) is 44.8. The minimum absolute atomic E-state index is 0.0434. The molecule has 17 unspecified atom stereocenters. The quantitative estimate of drug-likeness (QED) is 0.138. The van der Waals surface area contributed by atoms with Crippen molar-refractivity contribution in [1.29, 1.82) is 0 Å². The number of carbonyl (C=O) groups is 3. The summed E-state index contributed by atoms with van der Waals surface area (Å²) in [6.07, 6.45) is -8.40. The highest BCUT2D eigenvalue weighted by atomic mass is 16.7. The van der Waals surface area contributed by atoms with Crippen LogP contribution in [0.4, 0.5) is 0 Å². The van der Waals surface area contributed by atoms with Crippen molar-refractivity contribution in [3.05, 3.63) is 23.8 Å². The maximum atomic E-state index is 13.4. The standard InChI is InChI=1S/C37H61NO14/c1-9-27-24(17-48-36-34(47)33(46)31(44)22(6)49-36)14-18(2)10-11-25(40)19(3)15-23(12-13-39)35(20(4)26(41)16-28(42)51-27)52-37-32(45)29(38(7)8)30(43)21(5)50-37/h10-11,13-14,19-24,26-27,29-37,41,43-47H,9,12,15-17H2,1-8H3/b11-10+,18-14+. The Bertz CT molecular complexity index is 1230. The first-order valence-electron chi connectivity index (χ1n) is 18.3. The largest absolute Gasteiger partial charge is 0.462 e. The molecule has 3 aliphatic rings. The van der Waals surface area contributed by atoms with Gasteiger partial charge < -0.3 is 64.0 Å². The minimum Gasteiger partial charge on any atom is -0.462 e. The van der Waals surface area contributed by atoms with E-state index in [1.807, 2.05) is 0 Å². The van der Waals surface area contributed by atoms with Gasteiger partial charge in [-0.05, 0) is 59.7 Å². The van der Waals surface area contributed by atoms with Gasteiger partial charge in [0.2, 0.25) is 0 Å². The second-order valence-electron chi connectivity index (χ2n) is 14.9. The summed E-state index contributed by atoms with van der Waals surface area (Å²) in [6.45, 7) is 9.96. The molecule has 17 atom stereocenters. The van der Waals surface area contributed by atoms with Gasteiger partial charge in [0.15, 0.2) is 18.4 Å². The molecule has 0 aromatic rings. The molecule has 3 heterocycles. The molecular formula is C37H61NO14. The second kappa shape index (κ2) is 20.0. The molecule has 298 valence electrons. The Kier molecular flexibility index (Phi) is 17.0. The lowest BCUT2D eigenvalue weighted by molar-refractivity contribution is -0.304. The van der Waals surface area contributed by atoms with Gasteiger partial charge in [-0.2, -0.15) is 0 Å².